The molecule has 1 N–H and O–H groups in total. The van der Waals surface area contributed by atoms with Crippen molar-refractivity contribution in [3.63, 3.8) is 0 Å². The maximum Gasteiger partial charge on any atom is 0.173 e. The summed E-state index contributed by atoms with van der Waals surface area (Å²) < 4.78 is 5.63. The lowest BCUT2D eigenvalue weighted by Crippen LogP contribution is -2.49. The molecule has 3 rings (SSSR count). The summed E-state index contributed by atoms with van der Waals surface area (Å²) in [6.07, 6.45) is 3.86. The van der Waals surface area contributed by atoms with Gasteiger partial charge in [-0.25, -0.2) is 0 Å². The normalized spacial score (nSPS) is 19.1. The molecule has 4 nitrogen and oxygen atoms in total. The van der Waals surface area contributed by atoms with Crippen LogP contribution in [-0.2, 0) is 0 Å². The van der Waals surface area contributed by atoms with Gasteiger partial charge in [-0.2, -0.15) is 0 Å². The second kappa shape index (κ2) is 6.18. The van der Waals surface area contributed by atoms with E-state index in [9.17, 15) is 0 Å². The molecule has 0 amide bonds. The van der Waals surface area contributed by atoms with E-state index < -0.39 is 0 Å². The van der Waals surface area contributed by atoms with Crippen LogP contribution in [0.4, 0.5) is 0 Å². The van der Waals surface area contributed by atoms with Crippen LogP contribution < -0.4 is 10.1 Å². The fourth-order valence-corrected chi connectivity index (χ4v) is 2.80. The lowest BCUT2D eigenvalue weighted by molar-refractivity contribution is 0.237. The van der Waals surface area contributed by atoms with Gasteiger partial charge in [-0.05, 0) is 24.5 Å². The van der Waals surface area contributed by atoms with Crippen LogP contribution >= 0.6 is 12.2 Å². The highest BCUT2D eigenvalue weighted by Crippen LogP contribution is 2.31. The SMILES string of the molecule is C=CN1CCN(C(=S)N/C=C2/COc3ccccc32)CC1. The molecule has 0 radical (unpaired) electrons. The van der Waals surface area contributed by atoms with E-state index in [4.69, 9.17) is 17.0 Å². The molecule has 1 fully saturated rings. The quantitative estimate of drug-likeness (QED) is 0.844. The highest BCUT2D eigenvalue weighted by molar-refractivity contribution is 7.80. The summed E-state index contributed by atoms with van der Waals surface area (Å²) in [5, 5.41) is 4.01. The minimum atomic E-state index is 0.596. The van der Waals surface area contributed by atoms with Crippen molar-refractivity contribution in [1.29, 1.82) is 0 Å². The molecule has 0 unspecified atom stereocenters. The van der Waals surface area contributed by atoms with Gasteiger partial charge in [0.2, 0.25) is 0 Å². The van der Waals surface area contributed by atoms with Gasteiger partial charge >= 0.3 is 0 Å². The molecule has 2 heterocycles. The minimum absolute atomic E-state index is 0.596. The number of nitrogens with one attached hydrogen (secondary N) is 1. The van der Waals surface area contributed by atoms with Crippen LogP contribution in [0.25, 0.3) is 5.57 Å². The van der Waals surface area contributed by atoms with Gasteiger partial charge in [0.05, 0.1) is 0 Å². The maximum atomic E-state index is 5.63. The number of para-hydroxylation sites is 1. The van der Waals surface area contributed by atoms with Gasteiger partial charge in [0, 0.05) is 43.5 Å². The Bertz CT molecular complexity index is 577. The molecule has 1 aromatic carbocycles. The van der Waals surface area contributed by atoms with Crippen molar-refractivity contribution in [3.8, 4) is 5.75 Å². The molecule has 0 bridgehead atoms. The van der Waals surface area contributed by atoms with Crippen LogP contribution in [0.15, 0.2) is 43.2 Å². The van der Waals surface area contributed by atoms with Gasteiger partial charge in [-0.1, -0.05) is 24.8 Å². The van der Waals surface area contributed by atoms with Gasteiger partial charge in [0.15, 0.2) is 5.11 Å². The Morgan fingerprint density at radius 3 is 2.76 bits per heavy atom. The van der Waals surface area contributed by atoms with Crippen molar-refractivity contribution in [2.45, 2.75) is 0 Å². The zero-order chi connectivity index (χ0) is 14.7. The van der Waals surface area contributed by atoms with Gasteiger partial charge in [0.25, 0.3) is 0 Å². The van der Waals surface area contributed by atoms with Crippen LogP contribution in [-0.4, -0.2) is 47.7 Å². The van der Waals surface area contributed by atoms with E-state index in [0.717, 1.165) is 48.2 Å². The molecular weight excluding hydrogens is 282 g/mol. The summed E-state index contributed by atoms with van der Waals surface area (Å²) in [7, 11) is 0. The van der Waals surface area contributed by atoms with Crippen molar-refractivity contribution in [1.82, 2.24) is 15.1 Å². The molecule has 0 aromatic heterocycles. The predicted molar refractivity (Wildman–Crippen MR) is 89.0 cm³/mol. The first-order valence-corrected chi connectivity index (χ1v) is 7.52. The number of piperazine rings is 1. The summed E-state index contributed by atoms with van der Waals surface area (Å²) in [5.41, 5.74) is 2.28. The summed E-state index contributed by atoms with van der Waals surface area (Å²) in [4.78, 5) is 4.40. The largest absolute Gasteiger partial charge is 0.488 e. The number of ether oxygens (including phenoxy) is 1. The second-order valence-corrected chi connectivity index (χ2v) is 5.50. The smallest absolute Gasteiger partial charge is 0.173 e. The zero-order valence-electron chi connectivity index (χ0n) is 11.9. The first kappa shape index (κ1) is 13.9. The number of fused-ring (bicyclic) bond motifs is 1. The Kier molecular flexibility index (Phi) is 4.10. The molecule has 0 aliphatic carbocycles. The topological polar surface area (TPSA) is 27.7 Å². The third-order valence-electron chi connectivity index (χ3n) is 3.85. The number of hydrogen-bond acceptors (Lipinski definition) is 3. The van der Waals surface area contributed by atoms with Gasteiger partial charge in [-0.15, -0.1) is 0 Å². The molecule has 0 atom stereocenters. The monoisotopic (exact) mass is 301 g/mol. The molecule has 1 saturated heterocycles. The van der Waals surface area contributed by atoms with Crippen molar-refractivity contribution in [3.05, 3.63) is 48.8 Å². The lowest BCUT2D eigenvalue weighted by Gasteiger charge is -2.35. The van der Waals surface area contributed by atoms with E-state index in [-0.39, 0.29) is 0 Å². The van der Waals surface area contributed by atoms with Crippen molar-refractivity contribution in [2.75, 3.05) is 32.8 Å². The van der Waals surface area contributed by atoms with Crippen LogP contribution in [0.1, 0.15) is 5.56 Å². The van der Waals surface area contributed by atoms with Gasteiger partial charge in [-0.3, -0.25) is 0 Å². The van der Waals surface area contributed by atoms with E-state index >= 15 is 0 Å². The predicted octanol–water partition coefficient (Wildman–Crippen LogP) is 2.06. The lowest BCUT2D eigenvalue weighted by atomic mass is 10.1. The second-order valence-electron chi connectivity index (χ2n) is 5.11. The Balaban J connectivity index is 1.59. The van der Waals surface area contributed by atoms with E-state index in [1.54, 1.807) is 0 Å². The van der Waals surface area contributed by atoms with Crippen LogP contribution in [0.2, 0.25) is 0 Å². The first-order valence-electron chi connectivity index (χ1n) is 7.11. The van der Waals surface area contributed by atoms with Crippen molar-refractivity contribution in [2.24, 2.45) is 0 Å². The van der Waals surface area contributed by atoms with Crippen molar-refractivity contribution >= 4 is 22.9 Å². The average molecular weight is 301 g/mol. The summed E-state index contributed by atoms with van der Waals surface area (Å²) >= 11 is 5.47. The van der Waals surface area contributed by atoms with Crippen LogP contribution in [0.3, 0.4) is 0 Å². The third-order valence-corrected chi connectivity index (χ3v) is 4.22. The van der Waals surface area contributed by atoms with Crippen LogP contribution in [0.5, 0.6) is 5.75 Å². The molecule has 0 spiro atoms. The van der Waals surface area contributed by atoms with E-state index in [1.807, 2.05) is 30.6 Å². The molecular formula is C16H19N3OS. The fourth-order valence-electron chi connectivity index (χ4n) is 2.56. The number of hydrogen-bond donors (Lipinski definition) is 1. The number of rotatable bonds is 2. The van der Waals surface area contributed by atoms with Crippen molar-refractivity contribution < 1.29 is 4.74 Å². The molecule has 2 aliphatic rings. The molecule has 5 heteroatoms. The number of nitrogens with zero attached hydrogens (tertiary/aromatic N) is 2. The van der Waals surface area contributed by atoms with Gasteiger partial charge in [0.1, 0.15) is 12.4 Å². The standard InChI is InChI=1S/C16H19N3OS/c1-2-18-7-9-19(10-8-18)16(21)17-11-13-12-20-15-6-4-3-5-14(13)15/h2-6,11H,1,7-10,12H2,(H,17,21)/b13-11-. The highest BCUT2D eigenvalue weighted by Gasteiger charge is 2.18. The molecule has 0 saturated carbocycles. The third kappa shape index (κ3) is 3.03. The number of benzene rings is 1. The average Bonchev–Trinajstić information content (AvgIpc) is 2.96. The molecule has 110 valence electrons. The Labute approximate surface area is 130 Å². The van der Waals surface area contributed by atoms with Gasteiger partial charge < -0.3 is 19.9 Å². The molecule has 21 heavy (non-hydrogen) atoms. The van der Waals surface area contributed by atoms with E-state index in [1.165, 1.54) is 0 Å². The summed E-state index contributed by atoms with van der Waals surface area (Å²) in [5.74, 6) is 0.941. The highest BCUT2D eigenvalue weighted by atomic mass is 32.1. The fraction of sp³-hybridized carbons (Fsp3) is 0.312. The maximum absolute atomic E-state index is 5.63. The Morgan fingerprint density at radius 2 is 2.00 bits per heavy atom. The first-order chi connectivity index (χ1) is 10.3. The number of thiocarbonyl (C=S) groups is 1. The summed E-state index contributed by atoms with van der Waals surface area (Å²) in [6.45, 7) is 8.18. The minimum Gasteiger partial charge on any atom is -0.488 e. The zero-order valence-corrected chi connectivity index (χ0v) is 12.7. The molecule has 2 aliphatic heterocycles. The Hall–Kier alpha value is -2.01. The summed E-state index contributed by atoms with van der Waals surface area (Å²) in [6, 6.07) is 8.07. The van der Waals surface area contributed by atoms with E-state index in [0.29, 0.717) is 6.61 Å². The van der Waals surface area contributed by atoms with E-state index in [2.05, 4.69) is 27.8 Å². The molecule has 1 aromatic rings. The van der Waals surface area contributed by atoms with Crippen LogP contribution in [0, 0.1) is 0 Å². The Morgan fingerprint density at radius 1 is 1.24 bits per heavy atom.